The van der Waals surface area contributed by atoms with Gasteiger partial charge in [0.25, 0.3) is 0 Å². The molecule has 61 heavy (non-hydrogen) atoms. The van der Waals surface area contributed by atoms with E-state index in [1.165, 1.54) is 54.8 Å². The maximum atomic E-state index is 6.33. The fourth-order valence-electron chi connectivity index (χ4n) is 9.38. The summed E-state index contributed by atoms with van der Waals surface area (Å²) in [5, 5.41) is 7.16. The number of fused-ring (bicyclic) bond motifs is 7. The van der Waals surface area contributed by atoms with Gasteiger partial charge >= 0.3 is 0 Å². The number of furan rings is 1. The predicted molar refractivity (Wildman–Crippen MR) is 257 cm³/mol. The Morgan fingerprint density at radius 2 is 0.803 bits per heavy atom. The van der Waals surface area contributed by atoms with Crippen molar-refractivity contribution < 1.29 is 4.42 Å². The summed E-state index contributed by atoms with van der Waals surface area (Å²) in [6.45, 7) is 0. The number of aromatic nitrogens is 1. The van der Waals surface area contributed by atoms with Crippen LogP contribution < -0.4 is 4.90 Å². The van der Waals surface area contributed by atoms with Gasteiger partial charge in [-0.2, -0.15) is 0 Å². The van der Waals surface area contributed by atoms with E-state index in [-0.39, 0.29) is 0 Å². The van der Waals surface area contributed by atoms with Gasteiger partial charge in [0.2, 0.25) is 0 Å². The minimum Gasteiger partial charge on any atom is -0.456 e. The predicted octanol–water partition coefficient (Wildman–Crippen LogP) is 16.3. The highest BCUT2D eigenvalue weighted by Gasteiger charge is 2.20. The fourth-order valence-corrected chi connectivity index (χ4v) is 9.38. The van der Waals surface area contributed by atoms with Crippen molar-refractivity contribution in [3.63, 3.8) is 0 Å². The van der Waals surface area contributed by atoms with E-state index in [1.807, 2.05) is 6.07 Å². The number of para-hydroxylation sites is 3. The average Bonchev–Trinajstić information content (AvgIpc) is 3.89. The molecule has 0 aliphatic rings. The zero-order chi connectivity index (χ0) is 40.3. The molecular weight excluding hydrogens is 741 g/mol. The van der Waals surface area contributed by atoms with Crippen molar-refractivity contribution in [2.45, 2.75) is 0 Å². The van der Waals surface area contributed by atoms with Gasteiger partial charge in [0.05, 0.1) is 16.7 Å². The number of benzene rings is 10. The molecule has 0 atom stereocenters. The first-order chi connectivity index (χ1) is 30.3. The van der Waals surface area contributed by atoms with Crippen LogP contribution in [0.2, 0.25) is 0 Å². The van der Waals surface area contributed by atoms with Gasteiger partial charge in [0.15, 0.2) is 0 Å². The van der Waals surface area contributed by atoms with Crippen LogP contribution in [0.4, 0.5) is 17.1 Å². The van der Waals surface area contributed by atoms with Crippen LogP contribution in [0, 0.1) is 0 Å². The van der Waals surface area contributed by atoms with Crippen molar-refractivity contribution in [3.05, 3.63) is 231 Å². The van der Waals surface area contributed by atoms with Gasteiger partial charge in [-0.25, -0.2) is 0 Å². The van der Waals surface area contributed by atoms with E-state index >= 15 is 0 Å². The zero-order valence-corrected chi connectivity index (χ0v) is 33.2. The van der Waals surface area contributed by atoms with Crippen LogP contribution in [-0.2, 0) is 0 Å². The smallest absolute Gasteiger partial charge is 0.136 e. The van der Waals surface area contributed by atoms with Crippen molar-refractivity contribution in [2.75, 3.05) is 4.90 Å². The van der Waals surface area contributed by atoms with E-state index in [0.717, 1.165) is 55.8 Å². The van der Waals surface area contributed by atoms with Crippen LogP contribution in [0.15, 0.2) is 235 Å². The number of nitrogens with zero attached hydrogens (tertiary/aromatic N) is 2. The molecule has 0 radical (unpaired) electrons. The molecule has 2 heterocycles. The molecule has 286 valence electrons. The second-order valence-corrected chi connectivity index (χ2v) is 15.7. The van der Waals surface area contributed by atoms with Gasteiger partial charge in [-0.1, -0.05) is 164 Å². The molecule has 0 fully saturated rings. The van der Waals surface area contributed by atoms with Crippen LogP contribution in [0.1, 0.15) is 0 Å². The van der Waals surface area contributed by atoms with Crippen molar-refractivity contribution >= 4 is 71.6 Å². The summed E-state index contributed by atoms with van der Waals surface area (Å²) in [5.41, 5.74) is 15.7. The van der Waals surface area contributed by atoms with E-state index in [1.54, 1.807) is 0 Å². The molecular formula is C58H38N2O. The molecule has 3 heteroatoms. The first kappa shape index (κ1) is 34.9. The van der Waals surface area contributed by atoms with Crippen LogP contribution in [-0.4, -0.2) is 4.57 Å². The van der Waals surface area contributed by atoms with Crippen molar-refractivity contribution in [1.29, 1.82) is 0 Å². The van der Waals surface area contributed by atoms with E-state index in [2.05, 4.69) is 234 Å². The minimum absolute atomic E-state index is 0.897. The van der Waals surface area contributed by atoms with Crippen molar-refractivity contribution in [3.8, 4) is 39.1 Å². The summed E-state index contributed by atoms with van der Waals surface area (Å²) in [7, 11) is 0. The molecule has 0 amide bonds. The first-order valence-corrected chi connectivity index (χ1v) is 20.8. The SMILES string of the molecule is c1ccc(-c2ccc(N(c3ccc(-c4ccc(-n5c6ccccc6c6ccccc65)cc4)cc3)c3ccc(-c4cccc5oc6ccccc6c45)c4ccccc34)cc2)cc1. The Morgan fingerprint density at radius 1 is 0.311 bits per heavy atom. The minimum atomic E-state index is 0.897. The van der Waals surface area contributed by atoms with Gasteiger partial charge < -0.3 is 13.9 Å². The molecule has 0 spiro atoms. The molecule has 0 saturated heterocycles. The summed E-state index contributed by atoms with van der Waals surface area (Å²) >= 11 is 0. The highest BCUT2D eigenvalue weighted by molar-refractivity contribution is 6.17. The molecule has 0 bridgehead atoms. The lowest BCUT2D eigenvalue weighted by atomic mass is 9.93. The first-order valence-electron chi connectivity index (χ1n) is 20.8. The molecule has 12 rings (SSSR count). The molecule has 3 nitrogen and oxygen atoms in total. The molecule has 2 aromatic heterocycles. The number of hydrogen-bond acceptors (Lipinski definition) is 2. The lowest BCUT2D eigenvalue weighted by Gasteiger charge is -2.28. The Morgan fingerprint density at radius 3 is 1.44 bits per heavy atom. The Balaban J connectivity index is 0.964. The molecule has 0 aliphatic carbocycles. The Hall–Kier alpha value is -8.14. The van der Waals surface area contributed by atoms with Gasteiger partial charge in [-0.3, -0.25) is 0 Å². The monoisotopic (exact) mass is 778 g/mol. The highest BCUT2D eigenvalue weighted by atomic mass is 16.3. The highest BCUT2D eigenvalue weighted by Crippen LogP contribution is 2.45. The maximum absolute atomic E-state index is 6.33. The van der Waals surface area contributed by atoms with Gasteiger partial charge in [-0.15, -0.1) is 0 Å². The topological polar surface area (TPSA) is 21.3 Å². The van der Waals surface area contributed by atoms with Crippen LogP contribution >= 0.6 is 0 Å². The molecule has 0 aliphatic heterocycles. The van der Waals surface area contributed by atoms with E-state index < -0.39 is 0 Å². The Kier molecular flexibility index (Phi) is 8.17. The molecule has 10 aromatic carbocycles. The van der Waals surface area contributed by atoms with Crippen LogP contribution in [0.5, 0.6) is 0 Å². The van der Waals surface area contributed by atoms with Crippen LogP contribution in [0.3, 0.4) is 0 Å². The normalized spacial score (nSPS) is 11.6. The molecule has 0 saturated carbocycles. The summed E-state index contributed by atoms with van der Waals surface area (Å²) in [4.78, 5) is 2.39. The third-order valence-electron chi connectivity index (χ3n) is 12.2. The summed E-state index contributed by atoms with van der Waals surface area (Å²) in [6, 6.07) is 82.9. The van der Waals surface area contributed by atoms with E-state index in [9.17, 15) is 0 Å². The third-order valence-corrected chi connectivity index (χ3v) is 12.2. The maximum Gasteiger partial charge on any atom is 0.136 e. The fraction of sp³-hybridized carbons (Fsp3) is 0. The Bertz CT molecular complexity index is 3510. The Labute approximate surface area is 353 Å². The van der Waals surface area contributed by atoms with Crippen molar-refractivity contribution in [1.82, 2.24) is 4.57 Å². The third kappa shape index (κ3) is 5.82. The van der Waals surface area contributed by atoms with E-state index in [0.29, 0.717) is 0 Å². The lowest BCUT2D eigenvalue weighted by molar-refractivity contribution is 0.669. The van der Waals surface area contributed by atoms with Crippen LogP contribution in [0.25, 0.3) is 93.6 Å². The van der Waals surface area contributed by atoms with Gasteiger partial charge in [0.1, 0.15) is 11.2 Å². The second kappa shape index (κ2) is 14.3. The van der Waals surface area contributed by atoms with Gasteiger partial charge in [-0.05, 0) is 105 Å². The lowest BCUT2D eigenvalue weighted by Crippen LogP contribution is -2.10. The zero-order valence-electron chi connectivity index (χ0n) is 33.2. The number of hydrogen-bond donors (Lipinski definition) is 0. The average molecular weight is 779 g/mol. The summed E-state index contributed by atoms with van der Waals surface area (Å²) < 4.78 is 8.70. The second-order valence-electron chi connectivity index (χ2n) is 15.7. The van der Waals surface area contributed by atoms with Crippen molar-refractivity contribution in [2.24, 2.45) is 0 Å². The number of anilines is 3. The van der Waals surface area contributed by atoms with E-state index in [4.69, 9.17) is 4.42 Å². The van der Waals surface area contributed by atoms with Gasteiger partial charge in [0, 0.05) is 44.0 Å². The molecule has 0 N–H and O–H groups in total. The molecule has 12 aromatic rings. The summed E-state index contributed by atoms with van der Waals surface area (Å²) in [6.07, 6.45) is 0. The largest absolute Gasteiger partial charge is 0.456 e. The number of rotatable bonds is 7. The standard InChI is InChI=1S/C58H38N2O/c1-2-13-39(14-3-1)40-25-31-43(32-26-40)59(55-38-37-47(46-15-4-5-16-48(46)55)51-20-12-24-57-58(51)52-19-8-11-23-56(52)61-57)44-33-27-41(28-34-44)42-29-35-45(36-30-42)60-53-21-9-6-17-49(53)50-18-7-10-22-54(50)60/h1-38H. The quantitative estimate of drug-likeness (QED) is 0.161. The summed E-state index contributed by atoms with van der Waals surface area (Å²) in [5.74, 6) is 0. The molecule has 0 unspecified atom stereocenters.